The predicted octanol–water partition coefficient (Wildman–Crippen LogP) is 3.09. The molecule has 23 heavy (non-hydrogen) atoms. The van der Waals surface area contributed by atoms with Crippen LogP contribution in [0.1, 0.15) is 42.6 Å². The average Bonchev–Trinajstić information content (AvgIpc) is 2.61. The van der Waals surface area contributed by atoms with Crippen molar-refractivity contribution in [1.29, 1.82) is 0 Å². The van der Waals surface area contributed by atoms with E-state index in [2.05, 4.69) is 38.4 Å². The number of benzene rings is 1. The monoisotopic (exact) mass is 310 g/mol. The molecule has 1 atom stereocenters. The molecule has 0 aliphatic carbocycles. The van der Waals surface area contributed by atoms with Gasteiger partial charge in [-0.3, -0.25) is 4.79 Å². The molecule has 1 unspecified atom stereocenters. The number of nitrogens with zero attached hydrogens (tertiary/aromatic N) is 3. The van der Waals surface area contributed by atoms with Gasteiger partial charge in [-0.2, -0.15) is 0 Å². The van der Waals surface area contributed by atoms with E-state index in [0.717, 1.165) is 31.5 Å². The number of aromatic nitrogens is 2. The molecule has 0 saturated heterocycles. The van der Waals surface area contributed by atoms with Gasteiger partial charge in [-0.05, 0) is 37.8 Å². The smallest absolute Gasteiger partial charge is 0.254 e. The summed E-state index contributed by atoms with van der Waals surface area (Å²) in [7, 11) is 0. The number of carbonyl (C=O) groups excluding carboxylic acids is 1. The van der Waals surface area contributed by atoms with Crippen LogP contribution in [-0.4, -0.2) is 28.5 Å². The second-order valence-electron chi connectivity index (χ2n) is 5.94. The van der Waals surface area contributed by atoms with Crippen LogP contribution in [0.3, 0.4) is 0 Å². The second-order valence-corrected chi connectivity index (χ2v) is 5.94. The van der Waals surface area contributed by atoms with Gasteiger partial charge in [0.25, 0.3) is 5.91 Å². The fourth-order valence-electron chi connectivity index (χ4n) is 2.73. The van der Waals surface area contributed by atoms with Gasteiger partial charge in [-0.25, -0.2) is 9.97 Å². The van der Waals surface area contributed by atoms with E-state index in [1.165, 1.54) is 5.56 Å². The summed E-state index contributed by atoms with van der Waals surface area (Å²) < 4.78 is 0. The number of carbonyl (C=O) groups is 1. The Morgan fingerprint density at radius 2 is 2.04 bits per heavy atom. The summed E-state index contributed by atoms with van der Waals surface area (Å²) in [6.07, 6.45) is 6.28. The number of fused-ring (bicyclic) bond motifs is 1. The maximum Gasteiger partial charge on any atom is 0.254 e. The molecule has 2 aromatic rings. The molecule has 5 heteroatoms. The molecule has 0 fully saturated rings. The fourth-order valence-corrected chi connectivity index (χ4v) is 2.73. The lowest BCUT2D eigenvalue weighted by Crippen LogP contribution is -2.32. The quantitative estimate of drug-likeness (QED) is 0.943. The number of hydrogen-bond donors (Lipinski definition) is 1. The van der Waals surface area contributed by atoms with E-state index in [-0.39, 0.29) is 11.9 Å². The average molecular weight is 310 g/mol. The zero-order valence-electron chi connectivity index (χ0n) is 13.6. The van der Waals surface area contributed by atoms with E-state index in [4.69, 9.17) is 0 Å². The Balaban J connectivity index is 1.79. The van der Waals surface area contributed by atoms with Crippen LogP contribution in [0.2, 0.25) is 0 Å². The maximum absolute atomic E-state index is 12.1. The van der Waals surface area contributed by atoms with Crippen molar-refractivity contribution in [1.82, 2.24) is 15.3 Å². The van der Waals surface area contributed by atoms with Crippen LogP contribution in [-0.2, 0) is 6.42 Å². The van der Waals surface area contributed by atoms with Crippen molar-refractivity contribution < 1.29 is 4.79 Å². The summed E-state index contributed by atoms with van der Waals surface area (Å²) in [6.45, 7) is 4.92. The van der Waals surface area contributed by atoms with Crippen molar-refractivity contribution in [3.63, 3.8) is 0 Å². The number of hydrogen-bond acceptors (Lipinski definition) is 4. The van der Waals surface area contributed by atoms with E-state index in [0.29, 0.717) is 11.5 Å². The van der Waals surface area contributed by atoms with E-state index < -0.39 is 0 Å². The minimum Gasteiger partial charge on any atom is -0.350 e. The van der Waals surface area contributed by atoms with Gasteiger partial charge in [0.2, 0.25) is 5.95 Å². The van der Waals surface area contributed by atoms with Gasteiger partial charge in [0.1, 0.15) is 0 Å². The van der Waals surface area contributed by atoms with Crippen LogP contribution < -0.4 is 10.2 Å². The zero-order chi connectivity index (χ0) is 16.2. The topological polar surface area (TPSA) is 58.1 Å². The van der Waals surface area contributed by atoms with Crippen molar-refractivity contribution in [3.8, 4) is 0 Å². The SMILES string of the molecule is CCC(C)NC(=O)c1cnc(N2CCCc3ccccc32)nc1. The lowest BCUT2D eigenvalue weighted by atomic mass is 10.0. The number of nitrogens with one attached hydrogen (secondary N) is 1. The molecule has 2 heterocycles. The Morgan fingerprint density at radius 1 is 1.30 bits per heavy atom. The molecule has 1 aliphatic heterocycles. The van der Waals surface area contributed by atoms with Gasteiger partial charge in [-0.1, -0.05) is 25.1 Å². The standard InChI is InChI=1S/C18H22N4O/c1-3-13(2)21-17(23)15-11-19-18(20-12-15)22-10-6-8-14-7-4-5-9-16(14)22/h4-5,7,9,11-13H,3,6,8,10H2,1-2H3,(H,21,23). The van der Waals surface area contributed by atoms with Crippen molar-refractivity contribution in [2.45, 2.75) is 39.2 Å². The van der Waals surface area contributed by atoms with Gasteiger partial charge < -0.3 is 10.2 Å². The van der Waals surface area contributed by atoms with Gasteiger partial charge >= 0.3 is 0 Å². The van der Waals surface area contributed by atoms with Crippen LogP contribution >= 0.6 is 0 Å². The molecule has 0 saturated carbocycles. The summed E-state index contributed by atoms with van der Waals surface area (Å²) in [5.74, 6) is 0.530. The molecule has 0 radical (unpaired) electrons. The lowest BCUT2D eigenvalue weighted by Gasteiger charge is -2.29. The maximum atomic E-state index is 12.1. The third-order valence-electron chi connectivity index (χ3n) is 4.24. The molecule has 1 aliphatic rings. The first-order valence-electron chi connectivity index (χ1n) is 8.17. The zero-order valence-corrected chi connectivity index (χ0v) is 13.6. The first-order valence-corrected chi connectivity index (χ1v) is 8.17. The van der Waals surface area contributed by atoms with Crippen molar-refractivity contribution in [2.24, 2.45) is 0 Å². The lowest BCUT2D eigenvalue weighted by molar-refractivity contribution is 0.0938. The highest BCUT2D eigenvalue weighted by molar-refractivity contribution is 5.93. The second kappa shape index (κ2) is 6.77. The first kappa shape index (κ1) is 15.5. The third kappa shape index (κ3) is 3.33. The van der Waals surface area contributed by atoms with Crippen LogP contribution in [0, 0.1) is 0 Å². The molecule has 0 spiro atoms. The summed E-state index contributed by atoms with van der Waals surface area (Å²) >= 11 is 0. The van der Waals surface area contributed by atoms with Crippen LogP contribution in [0.5, 0.6) is 0 Å². The Kier molecular flexibility index (Phi) is 4.55. The number of aryl methyl sites for hydroxylation is 1. The molecular weight excluding hydrogens is 288 g/mol. The molecule has 5 nitrogen and oxygen atoms in total. The van der Waals surface area contributed by atoms with E-state index >= 15 is 0 Å². The normalized spacial score (nSPS) is 15.0. The number of amides is 1. The minimum absolute atomic E-state index is 0.120. The van der Waals surface area contributed by atoms with Crippen molar-refractivity contribution in [3.05, 3.63) is 47.8 Å². The van der Waals surface area contributed by atoms with Crippen molar-refractivity contribution >= 4 is 17.5 Å². The summed E-state index contributed by atoms with van der Waals surface area (Å²) in [5, 5.41) is 2.93. The fraction of sp³-hybridized carbons (Fsp3) is 0.389. The molecule has 1 amide bonds. The molecule has 1 N–H and O–H groups in total. The highest BCUT2D eigenvalue weighted by atomic mass is 16.1. The number of rotatable bonds is 4. The number of para-hydroxylation sites is 1. The highest BCUT2D eigenvalue weighted by Gasteiger charge is 2.20. The van der Waals surface area contributed by atoms with E-state index in [1.807, 2.05) is 19.9 Å². The Morgan fingerprint density at radius 3 is 2.78 bits per heavy atom. The number of anilines is 2. The Hall–Kier alpha value is -2.43. The molecule has 3 rings (SSSR count). The summed E-state index contributed by atoms with van der Waals surface area (Å²) in [6, 6.07) is 8.49. The third-order valence-corrected chi connectivity index (χ3v) is 4.24. The molecule has 1 aromatic carbocycles. The summed E-state index contributed by atoms with van der Waals surface area (Å²) in [4.78, 5) is 23.0. The van der Waals surface area contributed by atoms with Gasteiger partial charge in [-0.15, -0.1) is 0 Å². The van der Waals surface area contributed by atoms with E-state index in [1.54, 1.807) is 12.4 Å². The Bertz CT molecular complexity index is 684. The van der Waals surface area contributed by atoms with Crippen LogP contribution in [0.4, 0.5) is 11.6 Å². The predicted molar refractivity (Wildman–Crippen MR) is 91.0 cm³/mol. The van der Waals surface area contributed by atoms with Crippen LogP contribution in [0.15, 0.2) is 36.7 Å². The molecular formula is C18H22N4O. The highest BCUT2D eigenvalue weighted by Crippen LogP contribution is 2.30. The molecule has 1 aromatic heterocycles. The van der Waals surface area contributed by atoms with Crippen LogP contribution in [0.25, 0.3) is 0 Å². The van der Waals surface area contributed by atoms with Gasteiger partial charge in [0.05, 0.1) is 5.56 Å². The largest absolute Gasteiger partial charge is 0.350 e. The first-order chi connectivity index (χ1) is 11.2. The van der Waals surface area contributed by atoms with E-state index in [9.17, 15) is 4.79 Å². The Labute approximate surface area is 136 Å². The molecule has 0 bridgehead atoms. The van der Waals surface area contributed by atoms with Gasteiger partial charge in [0.15, 0.2) is 0 Å². The summed E-state index contributed by atoms with van der Waals surface area (Å²) in [5.41, 5.74) is 2.98. The van der Waals surface area contributed by atoms with Gasteiger partial charge in [0, 0.05) is 30.7 Å². The minimum atomic E-state index is -0.120. The van der Waals surface area contributed by atoms with Crippen molar-refractivity contribution in [2.75, 3.05) is 11.4 Å². The molecule has 120 valence electrons.